The number of benzene rings is 2. The lowest BCUT2D eigenvalue weighted by Crippen LogP contribution is -2.03. The van der Waals surface area contributed by atoms with Crippen LogP contribution in [0.3, 0.4) is 0 Å². The highest BCUT2D eigenvalue weighted by Crippen LogP contribution is 2.35. The second-order valence-electron chi connectivity index (χ2n) is 5.01. The van der Waals surface area contributed by atoms with Crippen LogP contribution >= 0.6 is 0 Å². The molecule has 23 heavy (non-hydrogen) atoms. The first-order chi connectivity index (χ1) is 11.2. The first kappa shape index (κ1) is 15.0. The number of hydrogen-bond donors (Lipinski definition) is 0. The van der Waals surface area contributed by atoms with Gasteiger partial charge in [0.15, 0.2) is 11.5 Å². The van der Waals surface area contributed by atoms with Gasteiger partial charge in [-0.2, -0.15) is 0 Å². The normalized spacial score (nSPS) is 12.4. The summed E-state index contributed by atoms with van der Waals surface area (Å²) in [6, 6.07) is 10.7. The molecule has 0 radical (unpaired) electrons. The summed E-state index contributed by atoms with van der Waals surface area (Å²) in [6.45, 7) is 2.15. The number of hydrogen-bond acceptors (Lipinski definition) is 5. The molecule has 0 fully saturated rings. The number of carbonyl (C=O) groups is 1. The Morgan fingerprint density at radius 2 is 1.96 bits per heavy atom. The lowest BCUT2D eigenvalue weighted by molar-refractivity contribution is -0.128. The molecule has 0 aliphatic carbocycles. The summed E-state index contributed by atoms with van der Waals surface area (Å²) in [5.74, 6) is 1.83. The van der Waals surface area contributed by atoms with Gasteiger partial charge in [-0.15, -0.1) is 0 Å². The van der Waals surface area contributed by atoms with E-state index in [9.17, 15) is 4.79 Å². The van der Waals surface area contributed by atoms with Gasteiger partial charge in [-0.3, -0.25) is 0 Å². The van der Waals surface area contributed by atoms with Crippen molar-refractivity contribution in [2.45, 2.75) is 6.92 Å². The number of aryl methyl sites for hydroxylation is 1. The Balaban J connectivity index is 1.71. The van der Waals surface area contributed by atoms with Crippen LogP contribution in [0.25, 0.3) is 6.08 Å². The molecule has 0 spiro atoms. The first-order valence-electron chi connectivity index (χ1n) is 7.10. The number of rotatable bonds is 4. The lowest BCUT2D eigenvalue weighted by Gasteiger charge is -2.06. The van der Waals surface area contributed by atoms with Gasteiger partial charge in [0.1, 0.15) is 11.5 Å². The third-order valence-electron chi connectivity index (χ3n) is 3.35. The maximum Gasteiger partial charge on any atom is 0.336 e. The lowest BCUT2D eigenvalue weighted by atomic mass is 10.1. The Morgan fingerprint density at radius 1 is 1.13 bits per heavy atom. The fourth-order valence-electron chi connectivity index (χ4n) is 2.23. The van der Waals surface area contributed by atoms with Crippen molar-refractivity contribution < 1.29 is 23.7 Å². The number of methoxy groups -OCH3 is 1. The van der Waals surface area contributed by atoms with Crippen molar-refractivity contribution in [3.63, 3.8) is 0 Å². The van der Waals surface area contributed by atoms with Crippen molar-refractivity contribution in [1.29, 1.82) is 0 Å². The number of ether oxygens (including phenoxy) is 4. The molecule has 3 rings (SSSR count). The van der Waals surface area contributed by atoms with Gasteiger partial charge in [-0.05, 0) is 37.3 Å². The summed E-state index contributed by atoms with van der Waals surface area (Å²) in [5.41, 5.74) is 1.89. The van der Waals surface area contributed by atoms with Crippen LogP contribution in [-0.4, -0.2) is 19.9 Å². The highest BCUT2D eigenvalue weighted by atomic mass is 16.7. The van der Waals surface area contributed by atoms with Gasteiger partial charge in [0.25, 0.3) is 0 Å². The zero-order valence-corrected chi connectivity index (χ0v) is 12.9. The molecular formula is C18H16O5. The fraction of sp³-hybridized carbons (Fsp3) is 0.167. The van der Waals surface area contributed by atoms with Crippen molar-refractivity contribution in [3.8, 4) is 23.0 Å². The second kappa shape index (κ2) is 6.44. The van der Waals surface area contributed by atoms with Crippen LogP contribution in [0.1, 0.15) is 11.1 Å². The van der Waals surface area contributed by atoms with E-state index in [0.29, 0.717) is 23.0 Å². The molecule has 0 atom stereocenters. The minimum atomic E-state index is -0.479. The van der Waals surface area contributed by atoms with Crippen molar-refractivity contribution in [3.05, 3.63) is 53.6 Å². The molecule has 1 aliphatic heterocycles. The van der Waals surface area contributed by atoms with Crippen LogP contribution in [0.4, 0.5) is 0 Å². The zero-order valence-electron chi connectivity index (χ0n) is 12.9. The van der Waals surface area contributed by atoms with Gasteiger partial charge in [-0.25, -0.2) is 4.79 Å². The van der Waals surface area contributed by atoms with Crippen molar-refractivity contribution in [1.82, 2.24) is 0 Å². The van der Waals surface area contributed by atoms with Crippen molar-refractivity contribution in [2.75, 3.05) is 13.9 Å². The molecule has 2 aromatic rings. The molecule has 1 heterocycles. The van der Waals surface area contributed by atoms with Crippen LogP contribution in [0.15, 0.2) is 42.5 Å². The summed E-state index contributed by atoms with van der Waals surface area (Å²) in [6.07, 6.45) is 3.03. The van der Waals surface area contributed by atoms with Crippen LogP contribution in [0, 0.1) is 6.92 Å². The minimum Gasteiger partial charge on any atom is -0.496 e. The Kier molecular flexibility index (Phi) is 4.19. The zero-order chi connectivity index (χ0) is 16.2. The summed E-state index contributed by atoms with van der Waals surface area (Å²) in [5, 5.41) is 0. The fourth-order valence-corrected chi connectivity index (χ4v) is 2.23. The molecule has 118 valence electrons. The van der Waals surface area contributed by atoms with E-state index in [1.165, 1.54) is 6.08 Å². The average molecular weight is 312 g/mol. The Hall–Kier alpha value is -2.95. The van der Waals surface area contributed by atoms with Crippen molar-refractivity contribution >= 4 is 12.0 Å². The van der Waals surface area contributed by atoms with E-state index in [0.717, 1.165) is 11.1 Å². The van der Waals surface area contributed by atoms with E-state index < -0.39 is 5.97 Å². The first-order valence-corrected chi connectivity index (χ1v) is 7.10. The summed E-state index contributed by atoms with van der Waals surface area (Å²) >= 11 is 0. The van der Waals surface area contributed by atoms with Gasteiger partial charge in [0.05, 0.1) is 7.11 Å². The quantitative estimate of drug-likeness (QED) is 0.492. The third kappa shape index (κ3) is 3.45. The molecule has 0 bridgehead atoms. The van der Waals surface area contributed by atoms with E-state index in [1.807, 2.05) is 25.1 Å². The smallest absolute Gasteiger partial charge is 0.336 e. The van der Waals surface area contributed by atoms with Gasteiger partial charge < -0.3 is 18.9 Å². The largest absolute Gasteiger partial charge is 0.496 e. The standard InChI is InChI=1S/C18H16O5/c1-12-3-6-15(20-2)13(9-12)4-8-18(19)23-14-5-7-16-17(10-14)22-11-21-16/h3-10H,11H2,1-2H3/b8-4+. The van der Waals surface area contributed by atoms with E-state index in [2.05, 4.69) is 0 Å². The monoisotopic (exact) mass is 312 g/mol. The molecule has 1 aliphatic rings. The average Bonchev–Trinajstić information content (AvgIpc) is 3.00. The van der Waals surface area contributed by atoms with E-state index in [1.54, 1.807) is 31.4 Å². The van der Waals surface area contributed by atoms with E-state index >= 15 is 0 Å². The van der Waals surface area contributed by atoms with E-state index in [4.69, 9.17) is 18.9 Å². The molecule has 2 aromatic carbocycles. The summed E-state index contributed by atoms with van der Waals surface area (Å²) < 4.78 is 21.0. The molecule has 0 N–H and O–H groups in total. The SMILES string of the molecule is COc1ccc(C)cc1/C=C/C(=O)Oc1ccc2c(c1)OCO2. The van der Waals surface area contributed by atoms with Crippen LogP contribution in [0.2, 0.25) is 0 Å². The Labute approximate surface area is 134 Å². The summed E-state index contributed by atoms with van der Waals surface area (Å²) in [7, 11) is 1.59. The Morgan fingerprint density at radius 3 is 2.78 bits per heavy atom. The molecule has 0 unspecified atom stereocenters. The predicted molar refractivity (Wildman–Crippen MR) is 85.0 cm³/mol. The van der Waals surface area contributed by atoms with Gasteiger partial charge in [0.2, 0.25) is 6.79 Å². The van der Waals surface area contributed by atoms with Crippen molar-refractivity contribution in [2.24, 2.45) is 0 Å². The maximum atomic E-state index is 11.9. The molecule has 5 nitrogen and oxygen atoms in total. The van der Waals surface area contributed by atoms with Crippen LogP contribution in [0.5, 0.6) is 23.0 Å². The topological polar surface area (TPSA) is 54.0 Å². The molecule has 0 amide bonds. The van der Waals surface area contributed by atoms with Gasteiger partial charge in [0, 0.05) is 17.7 Å². The molecule has 0 saturated heterocycles. The number of carbonyl (C=O) groups excluding carboxylic acids is 1. The molecule has 5 heteroatoms. The van der Waals surface area contributed by atoms with Gasteiger partial charge in [-0.1, -0.05) is 11.6 Å². The predicted octanol–water partition coefficient (Wildman–Crippen LogP) is 3.35. The van der Waals surface area contributed by atoms with Crippen LogP contribution < -0.4 is 18.9 Å². The van der Waals surface area contributed by atoms with E-state index in [-0.39, 0.29) is 6.79 Å². The van der Waals surface area contributed by atoms with Gasteiger partial charge >= 0.3 is 5.97 Å². The molecular weight excluding hydrogens is 296 g/mol. The van der Waals surface area contributed by atoms with Crippen LogP contribution in [-0.2, 0) is 4.79 Å². The third-order valence-corrected chi connectivity index (χ3v) is 3.35. The minimum absolute atomic E-state index is 0.180. The molecule has 0 saturated carbocycles. The number of esters is 1. The second-order valence-corrected chi connectivity index (χ2v) is 5.01. The highest BCUT2D eigenvalue weighted by Gasteiger charge is 2.14. The maximum absolute atomic E-state index is 11.9. The Bertz CT molecular complexity index is 764. The highest BCUT2D eigenvalue weighted by molar-refractivity contribution is 5.89. The number of fused-ring (bicyclic) bond motifs is 1. The molecule has 0 aromatic heterocycles. The summed E-state index contributed by atoms with van der Waals surface area (Å²) in [4.78, 5) is 11.9.